The van der Waals surface area contributed by atoms with E-state index in [2.05, 4.69) is 24.0 Å². The predicted molar refractivity (Wildman–Crippen MR) is 93.0 cm³/mol. The van der Waals surface area contributed by atoms with Crippen molar-refractivity contribution in [2.75, 3.05) is 32.7 Å². The minimum absolute atomic E-state index is 0.637. The third-order valence-electron chi connectivity index (χ3n) is 4.77. The highest BCUT2D eigenvalue weighted by molar-refractivity contribution is 6.42. The van der Waals surface area contributed by atoms with Crippen molar-refractivity contribution in [3.8, 4) is 0 Å². The molecule has 2 aliphatic heterocycles. The van der Waals surface area contributed by atoms with E-state index in [0.717, 1.165) is 54.0 Å². The van der Waals surface area contributed by atoms with Gasteiger partial charge < -0.3 is 9.80 Å². The quantitative estimate of drug-likeness (QED) is 0.850. The highest BCUT2D eigenvalue weighted by Crippen LogP contribution is 2.44. The van der Waals surface area contributed by atoms with Crippen molar-refractivity contribution >= 4 is 45.5 Å². The first-order chi connectivity index (χ1) is 10.7. The van der Waals surface area contributed by atoms with Gasteiger partial charge in [-0.2, -0.15) is 0 Å². The van der Waals surface area contributed by atoms with Crippen molar-refractivity contribution in [3.63, 3.8) is 0 Å². The first-order valence-corrected chi connectivity index (χ1v) is 8.53. The maximum absolute atomic E-state index is 6.38. The molecule has 2 aromatic rings. The van der Waals surface area contributed by atoms with Crippen molar-refractivity contribution < 1.29 is 4.90 Å². The van der Waals surface area contributed by atoms with E-state index < -0.39 is 0 Å². The number of nitrogens with one attached hydrogen (secondary N) is 1. The van der Waals surface area contributed by atoms with E-state index in [0.29, 0.717) is 10.0 Å². The molecule has 0 spiro atoms. The smallest absolute Gasteiger partial charge is 0.137 e. The monoisotopic (exact) mass is 334 g/mol. The van der Waals surface area contributed by atoms with E-state index in [1.54, 1.807) is 11.0 Å². The van der Waals surface area contributed by atoms with E-state index in [-0.39, 0.29) is 0 Å². The molecule has 0 saturated carbocycles. The van der Waals surface area contributed by atoms with E-state index >= 15 is 0 Å². The fraction of sp³-hybridized carbons (Fsp3) is 0.353. The molecule has 114 valence electrons. The van der Waals surface area contributed by atoms with Crippen molar-refractivity contribution in [3.05, 3.63) is 39.9 Å². The fourth-order valence-corrected chi connectivity index (χ4v) is 4.04. The molecule has 4 rings (SSSR count). The van der Waals surface area contributed by atoms with Gasteiger partial charge in [0.15, 0.2) is 0 Å². The van der Waals surface area contributed by atoms with Gasteiger partial charge in [0.1, 0.15) is 5.84 Å². The summed E-state index contributed by atoms with van der Waals surface area (Å²) in [4.78, 5) is 8.90. The third-order valence-corrected chi connectivity index (χ3v) is 5.37. The number of rotatable bonds is 1. The Morgan fingerprint density at radius 3 is 2.68 bits per heavy atom. The Morgan fingerprint density at radius 1 is 1.18 bits per heavy atom. The van der Waals surface area contributed by atoms with Crippen LogP contribution >= 0.6 is 23.2 Å². The summed E-state index contributed by atoms with van der Waals surface area (Å²) in [5.41, 5.74) is 2.04. The number of hydrogen-bond acceptors (Lipinski definition) is 2. The lowest BCUT2D eigenvalue weighted by molar-refractivity contribution is -0.902. The summed E-state index contributed by atoms with van der Waals surface area (Å²) in [6.45, 7) is 7.84. The molecule has 1 saturated heterocycles. The van der Waals surface area contributed by atoms with Crippen molar-refractivity contribution in [1.29, 1.82) is 0 Å². The Kier molecular flexibility index (Phi) is 3.52. The SMILES string of the molecule is CC[NH+]1CCN(C2=Nc3c(Cl)cc(Cl)c4cccc2c34)CC1. The summed E-state index contributed by atoms with van der Waals surface area (Å²) in [6.07, 6.45) is 0. The Labute approximate surface area is 140 Å². The van der Waals surface area contributed by atoms with E-state index in [1.165, 1.54) is 6.54 Å². The molecule has 5 heteroatoms. The zero-order chi connectivity index (χ0) is 15.3. The van der Waals surface area contributed by atoms with Gasteiger partial charge in [0.2, 0.25) is 0 Å². The molecular formula is C17H18Cl2N3+. The number of nitrogens with zero attached hydrogens (tertiary/aromatic N) is 2. The number of piperazine rings is 1. The third kappa shape index (κ3) is 2.11. The number of amidine groups is 1. The molecule has 2 aromatic carbocycles. The van der Waals surface area contributed by atoms with Gasteiger partial charge in [0.25, 0.3) is 0 Å². The maximum atomic E-state index is 6.38. The van der Waals surface area contributed by atoms with E-state index in [1.807, 2.05) is 6.07 Å². The zero-order valence-corrected chi connectivity index (χ0v) is 14.0. The van der Waals surface area contributed by atoms with Crippen molar-refractivity contribution in [1.82, 2.24) is 4.90 Å². The second-order valence-electron chi connectivity index (χ2n) is 5.94. The van der Waals surface area contributed by atoms with Crippen LogP contribution < -0.4 is 4.90 Å². The summed E-state index contributed by atoms with van der Waals surface area (Å²) >= 11 is 12.7. The molecule has 2 aliphatic rings. The van der Waals surface area contributed by atoms with E-state index in [4.69, 9.17) is 28.2 Å². The normalized spacial score (nSPS) is 18.1. The second kappa shape index (κ2) is 5.41. The molecule has 0 amide bonds. The van der Waals surface area contributed by atoms with Crippen LogP contribution in [0.4, 0.5) is 5.69 Å². The van der Waals surface area contributed by atoms with Crippen LogP contribution in [0.15, 0.2) is 29.3 Å². The Bertz CT molecular complexity index is 777. The Morgan fingerprint density at radius 2 is 1.95 bits per heavy atom. The van der Waals surface area contributed by atoms with Gasteiger partial charge in [-0.3, -0.25) is 0 Å². The fourth-order valence-electron chi connectivity index (χ4n) is 3.47. The summed E-state index contributed by atoms with van der Waals surface area (Å²) in [5, 5.41) is 3.47. The standard InChI is InChI=1S/C17H17Cl2N3/c1-2-21-6-8-22(9-7-21)17-12-5-3-4-11-13(18)10-14(19)16(20-17)15(11)12/h3-5,10H,2,6-9H2,1H3/p+1. The minimum Gasteiger partial charge on any atom is -0.345 e. The van der Waals surface area contributed by atoms with Crippen LogP contribution in [0.25, 0.3) is 10.8 Å². The lowest BCUT2D eigenvalue weighted by atomic mass is 10.0. The van der Waals surface area contributed by atoms with Crippen LogP contribution in [0, 0.1) is 0 Å². The molecule has 2 heterocycles. The zero-order valence-electron chi connectivity index (χ0n) is 12.5. The van der Waals surface area contributed by atoms with Crippen molar-refractivity contribution in [2.45, 2.75) is 6.92 Å². The minimum atomic E-state index is 0.637. The number of benzene rings is 2. The maximum Gasteiger partial charge on any atom is 0.137 e. The van der Waals surface area contributed by atoms with Crippen LogP contribution in [0.1, 0.15) is 12.5 Å². The Hall–Kier alpha value is -1.29. The number of quaternary nitrogens is 1. The lowest BCUT2D eigenvalue weighted by Crippen LogP contribution is -3.14. The topological polar surface area (TPSA) is 20.0 Å². The predicted octanol–water partition coefficient (Wildman–Crippen LogP) is 2.76. The van der Waals surface area contributed by atoms with Crippen molar-refractivity contribution in [2.24, 2.45) is 4.99 Å². The first-order valence-electron chi connectivity index (χ1n) is 7.77. The molecule has 22 heavy (non-hydrogen) atoms. The van der Waals surface area contributed by atoms with Gasteiger partial charge in [0, 0.05) is 16.3 Å². The van der Waals surface area contributed by atoms with Gasteiger partial charge in [-0.1, -0.05) is 41.4 Å². The molecular weight excluding hydrogens is 317 g/mol. The molecule has 1 fully saturated rings. The average molecular weight is 335 g/mol. The Balaban J connectivity index is 1.78. The molecule has 0 unspecified atom stereocenters. The highest BCUT2D eigenvalue weighted by atomic mass is 35.5. The lowest BCUT2D eigenvalue weighted by Gasteiger charge is -2.33. The van der Waals surface area contributed by atoms with Gasteiger partial charge in [0.05, 0.1) is 48.5 Å². The summed E-state index contributed by atoms with van der Waals surface area (Å²) in [7, 11) is 0. The molecule has 0 bridgehead atoms. The van der Waals surface area contributed by atoms with Crippen LogP contribution in [0.5, 0.6) is 0 Å². The molecule has 0 atom stereocenters. The van der Waals surface area contributed by atoms with Gasteiger partial charge in [-0.05, 0) is 13.0 Å². The number of aliphatic imine (C=N–C) groups is 1. The summed E-state index contributed by atoms with van der Waals surface area (Å²) in [5.74, 6) is 1.06. The van der Waals surface area contributed by atoms with Gasteiger partial charge >= 0.3 is 0 Å². The molecule has 3 nitrogen and oxygen atoms in total. The van der Waals surface area contributed by atoms with Crippen LogP contribution in [0.3, 0.4) is 0 Å². The molecule has 0 radical (unpaired) electrons. The first kappa shape index (κ1) is 14.3. The van der Waals surface area contributed by atoms with Gasteiger partial charge in [-0.25, -0.2) is 4.99 Å². The van der Waals surface area contributed by atoms with Crippen LogP contribution in [-0.4, -0.2) is 43.5 Å². The van der Waals surface area contributed by atoms with Crippen LogP contribution in [0.2, 0.25) is 10.0 Å². The second-order valence-corrected chi connectivity index (χ2v) is 6.76. The van der Waals surface area contributed by atoms with Crippen LogP contribution in [-0.2, 0) is 0 Å². The number of halogens is 2. The molecule has 0 aromatic heterocycles. The highest BCUT2D eigenvalue weighted by Gasteiger charge is 2.28. The number of likely N-dealkylation sites (N-methyl/N-ethyl adjacent to an activating group) is 1. The largest absolute Gasteiger partial charge is 0.345 e. The molecule has 1 N–H and O–H groups in total. The van der Waals surface area contributed by atoms with E-state index in [9.17, 15) is 0 Å². The number of hydrogen-bond donors (Lipinski definition) is 1. The van der Waals surface area contributed by atoms with Gasteiger partial charge in [-0.15, -0.1) is 0 Å². The summed E-state index contributed by atoms with van der Waals surface area (Å²) in [6, 6.07) is 8.02. The summed E-state index contributed by atoms with van der Waals surface area (Å²) < 4.78 is 0. The molecule has 0 aliphatic carbocycles. The average Bonchev–Trinajstić information content (AvgIpc) is 2.94.